The fourth-order valence-corrected chi connectivity index (χ4v) is 3.45. The average Bonchev–Trinajstić information content (AvgIpc) is 3.29. The average molecular weight is 371 g/mol. The minimum atomic E-state index is 0.518. The van der Waals surface area contributed by atoms with Crippen LogP contribution in [0.3, 0.4) is 0 Å². The summed E-state index contributed by atoms with van der Waals surface area (Å²) in [7, 11) is 0. The van der Waals surface area contributed by atoms with Crippen LogP contribution < -0.4 is 4.74 Å². The molecule has 0 fully saturated rings. The second-order valence-electron chi connectivity index (χ2n) is 5.81. The van der Waals surface area contributed by atoms with Gasteiger partial charge in [0, 0.05) is 23.5 Å². The monoisotopic (exact) mass is 371 g/mol. The van der Waals surface area contributed by atoms with Crippen LogP contribution in [-0.2, 0) is 0 Å². The molecule has 0 N–H and O–H groups in total. The molecule has 0 spiro atoms. The predicted octanol–water partition coefficient (Wildman–Crippen LogP) is 4.71. The van der Waals surface area contributed by atoms with Crippen LogP contribution in [0, 0.1) is 0 Å². The summed E-state index contributed by atoms with van der Waals surface area (Å²) in [5.41, 5.74) is 3.76. The molecule has 0 saturated carbocycles. The van der Waals surface area contributed by atoms with Gasteiger partial charge in [-0.05, 0) is 35.6 Å². The van der Waals surface area contributed by atoms with E-state index in [4.69, 9.17) is 4.74 Å². The standard InChI is InChI=1S/C20H13N5OS/c1-2-5-14(6-3-1)17-9-8-16(12-22-17)26-20-24-25-13-18(23-19(25)27-20)15-7-4-10-21-11-15/h1-13H. The molecule has 4 aromatic heterocycles. The largest absolute Gasteiger partial charge is 0.428 e. The van der Waals surface area contributed by atoms with Crippen LogP contribution in [0.2, 0.25) is 0 Å². The summed E-state index contributed by atoms with van der Waals surface area (Å²) in [6, 6.07) is 17.7. The summed E-state index contributed by atoms with van der Waals surface area (Å²) in [5, 5.41) is 4.96. The molecule has 1 aromatic carbocycles. The fourth-order valence-electron chi connectivity index (χ4n) is 2.70. The van der Waals surface area contributed by atoms with E-state index in [1.165, 1.54) is 11.3 Å². The van der Waals surface area contributed by atoms with E-state index in [1.807, 2.05) is 60.8 Å². The van der Waals surface area contributed by atoms with Crippen molar-refractivity contribution in [3.8, 4) is 33.5 Å². The maximum Gasteiger partial charge on any atom is 0.299 e. The van der Waals surface area contributed by atoms with Crippen molar-refractivity contribution < 1.29 is 4.74 Å². The highest BCUT2D eigenvalue weighted by Gasteiger charge is 2.11. The second-order valence-corrected chi connectivity index (χ2v) is 6.73. The molecule has 4 heterocycles. The highest BCUT2D eigenvalue weighted by molar-refractivity contribution is 7.18. The second kappa shape index (κ2) is 6.62. The van der Waals surface area contributed by atoms with Gasteiger partial charge < -0.3 is 4.74 Å². The minimum Gasteiger partial charge on any atom is -0.428 e. The first-order chi connectivity index (χ1) is 13.3. The molecule has 0 saturated heterocycles. The van der Waals surface area contributed by atoms with Crippen molar-refractivity contribution in [2.45, 2.75) is 0 Å². The third kappa shape index (κ3) is 3.16. The zero-order valence-electron chi connectivity index (χ0n) is 14.1. The van der Waals surface area contributed by atoms with Gasteiger partial charge in [-0.3, -0.25) is 9.97 Å². The lowest BCUT2D eigenvalue weighted by atomic mass is 10.1. The zero-order chi connectivity index (χ0) is 18.1. The Morgan fingerprint density at radius 1 is 0.852 bits per heavy atom. The van der Waals surface area contributed by atoms with Crippen LogP contribution in [0.25, 0.3) is 27.5 Å². The molecule has 6 nitrogen and oxygen atoms in total. The van der Waals surface area contributed by atoms with Crippen LogP contribution in [0.15, 0.2) is 79.4 Å². The van der Waals surface area contributed by atoms with Crippen molar-refractivity contribution >= 4 is 16.3 Å². The number of ether oxygens (including phenoxy) is 1. The first-order valence-corrected chi connectivity index (χ1v) is 9.13. The molecule has 0 aliphatic carbocycles. The van der Waals surface area contributed by atoms with Crippen LogP contribution in [0.4, 0.5) is 0 Å². The molecule has 5 aromatic rings. The summed E-state index contributed by atoms with van der Waals surface area (Å²) in [4.78, 5) is 13.9. The Labute approximate surface area is 158 Å². The van der Waals surface area contributed by atoms with Crippen molar-refractivity contribution in [1.82, 2.24) is 24.6 Å². The number of nitrogens with zero attached hydrogens (tertiary/aromatic N) is 5. The van der Waals surface area contributed by atoms with Crippen molar-refractivity contribution in [1.29, 1.82) is 0 Å². The molecule has 0 bridgehead atoms. The minimum absolute atomic E-state index is 0.518. The normalized spacial score (nSPS) is 11.0. The van der Waals surface area contributed by atoms with Crippen molar-refractivity contribution in [3.05, 3.63) is 79.4 Å². The number of imidazole rings is 1. The van der Waals surface area contributed by atoms with Crippen molar-refractivity contribution in [2.75, 3.05) is 0 Å². The van der Waals surface area contributed by atoms with Gasteiger partial charge in [0.25, 0.3) is 5.19 Å². The van der Waals surface area contributed by atoms with Gasteiger partial charge in [-0.2, -0.15) is 0 Å². The van der Waals surface area contributed by atoms with E-state index in [-0.39, 0.29) is 0 Å². The van der Waals surface area contributed by atoms with Crippen LogP contribution in [0.1, 0.15) is 0 Å². The molecular formula is C20H13N5OS. The predicted molar refractivity (Wildman–Crippen MR) is 104 cm³/mol. The topological polar surface area (TPSA) is 65.2 Å². The van der Waals surface area contributed by atoms with E-state index in [2.05, 4.69) is 20.1 Å². The van der Waals surface area contributed by atoms with E-state index in [0.29, 0.717) is 10.9 Å². The Kier molecular flexibility index (Phi) is 3.84. The van der Waals surface area contributed by atoms with Gasteiger partial charge >= 0.3 is 0 Å². The molecule has 0 aliphatic heterocycles. The Hall–Kier alpha value is -3.58. The first-order valence-electron chi connectivity index (χ1n) is 8.31. The molecule has 130 valence electrons. The lowest BCUT2D eigenvalue weighted by Gasteiger charge is -2.03. The van der Waals surface area contributed by atoms with E-state index in [9.17, 15) is 0 Å². The number of benzene rings is 1. The molecule has 0 aliphatic rings. The van der Waals surface area contributed by atoms with Crippen molar-refractivity contribution in [3.63, 3.8) is 0 Å². The maximum atomic E-state index is 5.83. The molecule has 0 atom stereocenters. The number of aromatic nitrogens is 5. The Bertz CT molecular complexity index is 1150. The van der Waals surface area contributed by atoms with E-state index < -0.39 is 0 Å². The molecule has 5 rings (SSSR count). The van der Waals surface area contributed by atoms with Crippen molar-refractivity contribution in [2.24, 2.45) is 0 Å². The van der Waals surface area contributed by atoms with Gasteiger partial charge in [-0.25, -0.2) is 9.50 Å². The third-order valence-corrected chi connectivity index (χ3v) is 4.79. The highest BCUT2D eigenvalue weighted by atomic mass is 32.1. The smallest absolute Gasteiger partial charge is 0.299 e. The van der Waals surface area contributed by atoms with Gasteiger partial charge in [-0.15, -0.1) is 5.10 Å². The lowest BCUT2D eigenvalue weighted by Crippen LogP contribution is -1.88. The molecule has 27 heavy (non-hydrogen) atoms. The number of rotatable bonds is 4. The first kappa shape index (κ1) is 15.7. The van der Waals surface area contributed by atoms with Crippen LogP contribution in [0.5, 0.6) is 10.9 Å². The number of hydrogen-bond acceptors (Lipinski definition) is 6. The van der Waals surface area contributed by atoms with E-state index in [0.717, 1.165) is 27.5 Å². The SMILES string of the molecule is c1ccc(-c2ccc(Oc3nn4cc(-c5cccnc5)nc4s3)cn2)cc1. The third-order valence-electron chi connectivity index (χ3n) is 3.99. The molecule has 7 heteroatoms. The summed E-state index contributed by atoms with van der Waals surface area (Å²) in [6.07, 6.45) is 7.09. The van der Waals surface area contributed by atoms with Gasteiger partial charge in [0.15, 0.2) is 0 Å². The molecule has 0 unspecified atom stereocenters. The van der Waals surface area contributed by atoms with Gasteiger partial charge in [-0.1, -0.05) is 30.3 Å². The Morgan fingerprint density at radius 3 is 2.48 bits per heavy atom. The van der Waals surface area contributed by atoms with E-state index in [1.54, 1.807) is 23.1 Å². The highest BCUT2D eigenvalue weighted by Crippen LogP contribution is 2.29. The van der Waals surface area contributed by atoms with Gasteiger partial charge in [0.1, 0.15) is 5.75 Å². The number of fused-ring (bicyclic) bond motifs is 1. The number of hydrogen-bond donors (Lipinski definition) is 0. The van der Waals surface area contributed by atoms with Gasteiger partial charge in [0.05, 0.1) is 23.8 Å². The fraction of sp³-hybridized carbons (Fsp3) is 0. The van der Waals surface area contributed by atoms with Crippen LogP contribution >= 0.6 is 11.3 Å². The van der Waals surface area contributed by atoms with Crippen LogP contribution in [-0.4, -0.2) is 24.6 Å². The zero-order valence-corrected chi connectivity index (χ0v) is 14.9. The van der Waals surface area contributed by atoms with E-state index >= 15 is 0 Å². The summed E-state index contributed by atoms with van der Waals surface area (Å²) in [6.45, 7) is 0. The molecular weight excluding hydrogens is 358 g/mol. The molecule has 0 amide bonds. The lowest BCUT2D eigenvalue weighted by molar-refractivity contribution is 0.468. The number of pyridine rings is 2. The van der Waals surface area contributed by atoms with Gasteiger partial charge in [0.2, 0.25) is 4.96 Å². The Balaban J connectivity index is 1.36. The maximum absolute atomic E-state index is 5.83. The summed E-state index contributed by atoms with van der Waals surface area (Å²) < 4.78 is 7.55. The Morgan fingerprint density at radius 2 is 1.74 bits per heavy atom. The molecule has 0 radical (unpaired) electrons. The summed E-state index contributed by atoms with van der Waals surface area (Å²) >= 11 is 1.38. The quantitative estimate of drug-likeness (QED) is 0.458. The summed E-state index contributed by atoms with van der Waals surface area (Å²) in [5.74, 6) is 0.638.